The van der Waals surface area contributed by atoms with Crippen molar-refractivity contribution in [2.45, 2.75) is 51.0 Å². The van der Waals surface area contributed by atoms with Gasteiger partial charge in [-0.15, -0.1) is 0 Å². The number of benzene rings is 1. The Bertz CT molecular complexity index is 448. The molecule has 2 heteroatoms. The molecular formula is C16H23NO. The zero-order chi connectivity index (χ0) is 12.8. The average Bonchev–Trinajstić information content (AvgIpc) is 2.68. The van der Waals surface area contributed by atoms with Gasteiger partial charge < -0.3 is 10.8 Å². The van der Waals surface area contributed by atoms with Gasteiger partial charge in [-0.05, 0) is 60.8 Å². The fourth-order valence-electron chi connectivity index (χ4n) is 3.86. The molecule has 0 bridgehead atoms. The van der Waals surface area contributed by atoms with E-state index in [1.165, 1.54) is 31.2 Å². The molecule has 98 valence electrons. The lowest BCUT2D eigenvalue weighted by molar-refractivity contribution is -0.0414. The van der Waals surface area contributed by atoms with Crippen molar-refractivity contribution < 1.29 is 5.11 Å². The van der Waals surface area contributed by atoms with Crippen molar-refractivity contribution in [2.75, 3.05) is 5.73 Å². The Kier molecular flexibility index (Phi) is 2.86. The van der Waals surface area contributed by atoms with E-state index in [9.17, 15) is 5.11 Å². The summed E-state index contributed by atoms with van der Waals surface area (Å²) in [6.45, 7) is 2.32. The minimum atomic E-state index is -0.580. The molecule has 1 unspecified atom stereocenters. The number of hydrogen-bond acceptors (Lipinski definition) is 2. The lowest BCUT2D eigenvalue weighted by Gasteiger charge is -2.38. The number of fused-ring (bicyclic) bond motifs is 1. The third kappa shape index (κ3) is 1.83. The van der Waals surface area contributed by atoms with Crippen molar-refractivity contribution in [1.82, 2.24) is 0 Å². The summed E-state index contributed by atoms with van der Waals surface area (Å²) in [5.41, 5.74) is 8.48. The Labute approximate surface area is 109 Å². The quantitative estimate of drug-likeness (QED) is 0.746. The number of rotatable bonds is 1. The highest BCUT2D eigenvalue weighted by atomic mass is 16.3. The van der Waals surface area contributed by atoms with Gasteiger partial charge in [0.1, 0.15) is 0 Å². The minimum Gasteiger partial charge on any atom is -0.399 e. The van der Waals surface area contributed by atoms with Gasteiger partial charge in [0.05, 0.1) is 5.60 Å². The molecule has 0 spiro atoms. The second kappa shape index (κ2) is 4.27. The van der Waals surface area contributed by atoms with E-state index in [-0.39, 0.29) is 0 Å². The zero-order valence-electron chi connectivity index (χ0n) is 11.2. The second-order valence-electron chi connectivity index (χ2n) is 6.30. The van der Waals surface area contributed by atoms with Crippen LogP contribution in [-0.4, -0.2) is 5.11 Å². The molecule has 2 aliphatic carbocycles. The molecule has 3 rings (SSSR count). The van der Waals surface area contributed by atoms with Crippen LogP contribution in [0.15, 0.2) is 18.2 Å². The number of aliphatic hydroxyl groups is 1. The van der Waals surface area contributed by atoms with Crippen molar-refractivity contribution in [2.24, 2.45) is 11.8 Å². The van der Waals surface area contributed by atoms with E-state index < -0.39 is 5.60 Å². The summed E-state index contributed by atoms with van der Waals surface area (Å²) in [7, 11) is 0. The van der Waals surface area contributed by atoms with Crippen molar-refractivity contribution in [1.29, 1.82) is 0 Å². The number of nitrogens with two attached hydrogens (primary N) is 1. The van der Waals surface area contributed by atoms with Crippen molar-refractivity contribution in [3.63, 3.8) is 0 Å². The molecule has 1 aromatic carbocycles. The average molecular weight is 245 g/mol. The van der Waals surface area contributed by atoms with E-state index in [4.69, 9.17) is 5.73 Å². The maximum atomic E-state index is 11.1. The van der Waals surface area contributed by atoms with Crippen LogP contribution in [-0.2, 0) is 12.0 Å². The predicted molar refractivity (Wildman–Crippen MR) is 74.2 cm³/mol. The molecule has 1 fully saturated rings. The van der Waals surface area contributed by atoms with Gasteiger partial charge in [0.15, 0.2) is 0 Å². The molecule has 0 aliphatic heterocycles. The summed E-state index contributed by atoms with van der Waals surface area (Å²) in [6.07, 6.45) is 6.71. The van der Waals surface area contributed by atoms with E-state index in [0.29, 0.717) is 5.92 Å². The SMILES string of the molecule is CC1CCC(C2(O)CCc3cc(N)ccc32)CC1. The van der Waals surface area contributed by atoms with Crippen LogP contribution in [0.1, 0.15) is 50.2 Å². The van der Waals surface area contributed by atoms with Crippen molar-refractivity contribution >= 4 is 5.69 Å². The van der Waals surface area contributed by atoms with Crippen LogP contribution < -0.4 is 5.73 Å². The van der Waals surface area contributed by atoms with Gasteiger partial charge in [0.2, 0.25) is 0 Å². The summed E-state index contributed by atoms with van der Waals surface area (Å²) in [4.78, 5) is 0. The highest BCUT2D eigenvalue weighted by Crippen LogP contribution is 2.48. The Morgan fingerprint density at radius 3 is 2.67 bits per heavy atom. The van der Waals surface area contributed by atoms with Crippen LogP contribution in [0.2, 0.25) is 0 Å². The topological polar surface area (TPSA) is 46.2 Å². The standard InChI is InChI=1S/C16H23NO/c1-11-2-4-13(5-3-11)16(18)9-8-12-10-14(17)6-7-15(12)16/h6-7,10-11,13,18H,2-5,8-9,17H2,1H3. The molecule has 1 aromatic rings. The van der Waals surface area contributed by atoms with Crippen LogP contribution in [0, 0.1) is 11.8 Å². The Balaban J connectivity index is 1.89. The lowest BCUT2D eigenvalue weighted by atomic mass is 9.71. The van der Waals surface area contributed by atoms with Crippen LogP contribution in [0.25, 0.3) is 0 Å². The van der Waals surface area contributed by atoms with Crippen LogP contribution in [0.4, 0.5) is 5.69 Å². The summed E-state index contributed by atoms with van der Waals surface area (Å²) < 4.78 is 0. The molecule has 2 nitrogen and oxygen atoms in total. The van der Waals surface area contributed by atoms with E-state index in [1.807, 2.05) is 12.1 Å². The number of hydrogen-bond donors (Lipinski definition) is 2. The molecular weight excluding hydrogens is 222 g/mol. The molecule has 2 aliphatic rings. The summed E-state index contributed by atoms with van der Waals surface area (Å²) in [5, 5.41) is 11.1. The lowest BCUT2D eigenvalue weighted by Crippen LogP contribution is -2.35. The van der Waals surface area contributed by atoms with Gasteiger partial charge >= 0.3 is 0 Å². The fourth-order valence-corrected chi connectivity index (χ4v) is 3.86. The van der Waals surface area contributed by atoms with Gasteiger partial charge in [-0.3, -0.25) is 0 Å². The maximum Gasteiger partial charge on any atom is 0.0930 e. The smallest absolute Gasteiger partial charge is 0.0930 e. The molecule has 3 N–H and O–H groups in total. The van der Waals surface area contributed by atoms with Gasteiger partial charge in [-0.25, -0.2) is 0 Å². The number of nitrogen functional groups attached to an aromatic ring is 1. The summed E-state index contributed by atoms with van der Waals surface area (Å²) in [5.74, 6) is 1.27. The molecule has 0 aromatic heterocycles. The molecule has 0 radical (unpaired) electrons. The normalized spacial score (nSPS) is 35.4. The molecule has 0 saturated heterocycles. The highest BCUT2D eigenvalue weighted by molar-refractivity contribution is 5.49. The predicted octanol–water partition coefficient (Wildman–Crippen LogP) is 3.23. The summed E-state index contributed by atoms with van der Waals surface area (Å²) >= 11 is 0. The first-order valence-corrected chi connectivity index (χ1v) is 7.21. The Hall–Kier alpha value is -1.02. The number of aryl methyl sites for hydroxylation is 1. The highest BCUT2D eigenvalue weighted by Gasteiger charge is 2.44. The van der Waals surface area contributed by atoms with Gasteiger partial charge in [0.25, 0.3) is 0 Å². The first kappa shape index (κ1) is 12.0. The Morgan fingerprint density at radius 2 is 1.94 bits per heavy atom. The molecule has 0 amide bonds. The molecule has 1 atom stereocenters. The largest absolute Gasteiger partial charge is 0.399 e. The minimum absolute atomic E-state index is 0.443. The van der Waals surface area contributed by atoms with E-state index in [2.05, 4.69) is 13.0 Å². The van der Waals surface area contributed by atoms with Gasteiger partial charge in [-0.2, -0.15) is 0 Å². The number of anilines is 1. The monoisotopic (exact) mass is 245 g/mol. The van der Waals surface area contributed by atoms with Crippen molar-refractivity contribution in [3.05, 3.63) is 29.3 Å². The molecule has 1 saturated carbocycles. The van der Waals surface area contributed by atoms with E-state index in [0.717, 1.165) is 30.0 Å². The summed E-state index contributed by atoms with van der Waals surface area (Å²) in [6, 6.07) is 6.02. The van der Waals surface area contributed by atoms with E-state index in [1.54, 1.807) is 0 Å². The van der Waals surface area contributed by atoms with Crippen LogP contribution in [0.5, 0.6) is 0 Å². The first-order chi connectivity index (χ1) is 8.59. The fraction of sp³-hybridized carbons (Fsp3) is 0.625. The first-order valence-electron chi connectivity index (χ1n) is 7.21. The third-order valence-electron chi connectivity index (χ3n) is 5.06. The molecule has 18 heavy (non-hydrogen) atoms. The third-order valence-corrected chi connectivity index (χ3v) is 5.06. The van der Waals surface area contributed by atoms with Crippen molar-refractivity contribution in [3.8, 4) is 0 Å². The van der Waals surface area contributed by atoms with Gasteiger partial charge in [-0.1, -0.05) is 25.8 Å². The van der Waals surface area contributed by atoms with E-state index >= 15 is 0 Å². The zero-order valence-corrected chi connectivity index (χ0v) is 11.2. The van der Waals surface area contributed by atoms with Crippen LogP contribution >= 0.6 is 0 Å². The van der Waals surface area contributed by atoms with Gasteiger partial charge in [0, 0.05) is 5.69 Å². The van der Waals surface area contributed by atoms with Crippen LogP contribution in [0.3, 0.4) is 0 Å². The maximum absolute atomic E-state index is 11.1. The Morgan fingerprint density at radius 1 is 1.22 bits per heavy atom. The second-order valence-corrected chi connectivity index (χ2v) is 6.30. The molecule has 0 heterocycles.